The highest BCUT2D eigenvalue weighted by Crippen LogP contribution is 2.37. The molecule has 1 saturated heterocycles. The number of carbonyl (C=O) groups is 1. The van der Waals surface area contributed by atoms with E-state index in [-0.39, 0.29) is 12.2 Å². The molecule has 0 unspecified atom stereocenters. The summed E-state index contributed by atoms with van der Waals surface area (Å²) in [6, 6.07) is -0.538. The first-order chi connectivity index (χ1) is 9.67. The molecule has 21 heavy (non-hydrogen) atoms. The summed E-state index contributed by atoms with van der Waals surface area (Å²) in [5.41, 5.74) is 5.48. The summed E-state index contributed by atoms with van der Waals surface area (Å²) in [6.07, 6.45) is -1.25. The van der Waals surface area contributed by atoms with Crippen molar-refractivity contribution in [3.63, 3.8) is 0 Å². The van der Waals surface area contributed by atoms with Crippen LogP contribution in [0.15, 0.2) is 11.9 Å². The average Bonchev–Trinajstić information content (AvgIpc) is 2.65. The number of hydrogen-bond donors (Lipinski definition) is 6. The van der Waals surface area contributed by atoms with E-state index < -0.39 is 44.3 Å². The second-order valence-corrected chi connectivity index (χ2v) is 6.36. The molecule has 0 aliphatic carbocycles. The number of ether oxygens (including phenoxy) is 1. The van der Waals surface area contributed by atoms with E-state index in [4.69, 9.17) is 20.3 Å². The number of nitrogens with two attached hydrogens (primary N) is 1. The van der Waals surface area contributed by atoms with E-state index in [1.807, 2.05) is 0 Å². The molecule has 0 saturated carbocycles. The Morgan fingerprint density at radius 3 is 2.86 bits per heavy atom. The number of hydrogen-bond acceptors (Lipinski definition) is 7. The molecule has 0 spiro atoms. The maximum atomic E-state index is 11.9. The number of nitrogens with one attached hydrogen (secondary N) is 1. The summed E-state index contributed by atoms with van der Waals surface area (Å²) in [5, 5.41) is 11.6. The van der Waals surface area contributed by atoms with Crippen LogP contribution in [0, 0.1) is 0 Å². The molecular formula is C9H16N3O7PS. The van der Waals surface area contributed by atoms with Gasteiger partial charge in [-0.2, -0.15) is 0 Å². The van der Waals surface area contributed by atoms with Crippen LogP contribution in [-0.4, -0.2) is 56.2 Å². The number of carbonyl (C=O) groups excluding carboxylic acids is 1. The third-order valence-electron chi connectivity index (χ3n) is 3.02. The zero-order valence-corrected chi connectivity index (χ0v) is 12.5. The van der Waals surface area contributed by atoms with E-state index in [2.05, 4.69) is 22.5 Å². The third-order valence-corrected chi connectivity index (χ3v) is 3.90. The molecule has 2 aliphatic heterocycles. The average molecular weight is 341 g/mol. The van der Waals surface area contributed by atoms with E-state index in [0.29, 0.717) is 0 Å². The second kappa shape index (κ2) is 6.13. The Balaban J connectivity index is 2.00. The van der Waals surface area contributed by atoms with Gasteiger partial charge in [0.05, 0.1) is 12.7 Å². The van der Waals surface area contributed by atoms with Crippen LogP contribution in [0.1, 0.15) is 6.42 Å². The third kappa shape index (κ3) is 4.10. The quantitative estimate of drug-likeness (QED) is 0.271. The van der Waals surface area contributed by atoms with Crippen molar-refractivity contribution in [3.05, 3.63) is 11.9 Å². The Hall–Kier alpha value is -0.810. The highest BCUT2D eigenvalue weighted by molar-refractivity contribution is 7.81. The van der Waals surface area contributed by atoms with Gasteiger partial charge in [-0.25, -0.2) is 9.36 Å². The Morgan fingerprint density at radius 1 is 1.62 bits per heavy atom. The Bertz CT molecular complexity index is 498. The van der Waals surface area contributed by atoms with Gasteiger partial charge in [0.25, 0.3) is 0 Å². The smallest absolute Gasteiger partial charge is 0.390 e. The van der Waals surface area contributed by atoms with E-state index in [1.165, 1.54) is 11.0 Å². The van der Waals surface area contributed by atoms with Crippen molar-refractivity contribution in [2.75, 3.05) is 6.61 Å². The number of aliphatic hydroxyl groups is 1. The number of nitrogens with zero attached hydrogens (tertiary/aromatic N) is 1. The maximum absolute atomic E-state index is 11.9. The second-order valence-electron chi connectivity index (χ2n) is 4.59. The van der Waals surface area contributed by atoms with Crippen molar-refractivity contribution < 1.29 is 33.5 Å². The van der Waals surface area contributed by atoms with E-state index in [1.54, 1.807) is 0 Å². The summed E-state index contributed by atoms with van der Waals surface area (Å²) in [7, 11) is -4.65. The van der Waals surface area contributed by atoms with E-state index in [0.717, 1.165) is 0 Å². The lowest BCUT2D eigenvalue weighted by Gasteiger charge is -2.35. The van der Waals surface area contributed by atoms with Crippen LogP contribution in [0.5, 0.6) is 0 Å². The van der Waals surface area contributed by atoms with Gasteiger partial charge in [-0.15, -0.1) is 12.6 Å². The molecule has 6 N–H and O–H groups in total. The minimum Gasteiger partial charge on any atom is -0.390 e. The van der Waals surface area contributed by atoms with Gasteiger partial charge in [-0.3, -0.25) is 14.7 Å². The molecule has 10 nitrogen and oxygen atoms in total. The summed E-state index contributed by atoms with van der Waals surface area (Å²) >= 11 is 4.20. The molecule has 0 aromatic heterocycles. The number of rotatable bonds is 4. The van der Waals surface area contributed by atoms with Crippen molar-refractivity contribution in [2.24, 2.45) is 5.73 Å². The molecule has 0 aromatic rings. The Morgan fingerprint density at radius 2 is 2.29 bits per heavy atom. The van der Waals surface area contributed by atoms with Crippen LogP contribution >= 0.6 is 20.5 Å². The minimum atomic E-state index is -4.65. The molecule has 2 aliphatic rings. The predicted octanol–water partition coefficient (Wildman–Crippen LogP) is -1.35. The summed E-state index contributed by atoms with van der Waals surface area (Å²) in [5.74, 6) is 0.163. The van der Waals surface area contributed by atoms with Crippen molar-refractivity contribution in [2.45, 2.75) is 30.2 Å². The summed E-state index contributed by atoms with van der Waals surface area (Å²) in [4.78, 5) is 30.4. The first-order valence-corrected chi connectivity index (χ1v) is 8.00. The van der Waals surface area contributed by atoms with Crippen molar-refractivity contribution in [1.82, 2.24) is 10.2 Å². The molecule has 120 valence electrons. The Labute approximate surface area is 125 Å². The number of urea groups is 1. The maximum Gasteiger partial charge on any atom is 0.469 e. The first-order valence-electron chi connectivity index (χ1n) is 5.95. The van der Waals surface area contributed by atoms with Crippen LogP contribution in [0.3, 0.4) is 0 Å². The van der Waals surface area contributed by atoms with Crippen molar-refractivity contribution in [3.8, 4) is 0 Å². The predicted molar refractivity (Wildman–Crippen MR) is 72.7 cm³/mol. The van der Waals surface area contributed by atoms with E-state index in [9.17, 15) is 14.5 Å². The van der Waals surface area contributed by atoms with Gasteiger partial charge in [0, 0.05) is 6.42 Å². The molecule has 0 bridgehead atoms. The highest BCUT2D eigenvalue weighted by Gasteiger charge is 2.42. The highest BCUT2D eigenvalue weighted by atomic mass is 32.1. The summed E-state index contributed by atoms with van der Waals surface area (Å²) < 4.78 is 20.4. The molecule has 4 atom stereocenters. The van der Waals surface area contributed by atoms with Gasteiger partial charge >= 0.3 is 13.9 Å². The number of aliphatic hydroxyl groups excluding tert-OH is 1. The van der Waals surface area contributed by atoms with Gasteiger partial charge < -0.3 is 25.4 Å². The number of phosphoric ester groups is 1. The van der Waals surface area contributed by atoms with E-state index >= 15 is 0 Å². The first kappa shape index (κ1) is 16.6. The zero-order valence-electron chi connectivity index (χ0n) is 10.7. The Kier molecular flexibility index (Phi) is 4.83. The van der Waals surface area contributed by atoms with Gasteiger partial charge in [-0.05, 0) is 6.08 Å². The molecule has 1 fully saturated rings. The van der Waals surface area contributed by atoms with Crippen LogP contribution in [-0.2, 0) is 13.8 Å². The van der Waals surface area contributed by atoms with Crippen molar-refractivity contribution in [1.29, 1.82) is 0 Å². The molecule has 2 amide bonds. The largest absolute Gasteiger partial charge is 0.469 e. The zero-order chi connectivity index (χ0) is 15.8. The SMILES string of the molecule is NC1=C[C@H](S)N([C@H]2C[C@H](O)[C@@H](COP(=O)(O)O)O2)C(=O)N1. The van der Waals surface area contributed by atoms with Crippen LogP contribution in [0.4, 0.5) is 4.79 Å². The number of phosphoric acid groups is 1. The fraction of sp³-hybridized carbons (Fsp3) is 0.667. The lowest BCUT2D eigenvalue weighted by Crippen LogP contribution is -2.53. The molecule has 2 rings (SSSR count). The van der Waals surface area contributed by atoms with Crippen LogP contribution in [0.25, 0.3) is 0 Å². The number of amides is 2. The van der Waals surface area contributed by atoms with Gasteiger partial charge in [-0.1, -0.05) is 0 Å². The molecule has 0 radical (unpaired) electrons. The molecular weight excluding hydrogens is 325 g/mol. The van der Waals surface area contributed by atoms with Crippen LogP contribution < -0.4 is 11.1 Å². The monoisotopic (exact) mass is 341 g/mol. The molecule has 2 heterocycles. The summed E-state index contributed by atoms with van der Waals surface area (Å²) in [6.45, 7) is -0.493. The van der Waals surface area contributed by atoms with Crippen LogP contribution in [0.2, 0.25) is 0 Å². The van der Waals surface area contributed by atoms with Crippen molar-refractivity contribution >= 4 is 26.5 Å². The van der Waals surface area contributed by atoms with Gasteiger partial charge in [0.15, 0.2) is 0 Å². The standard InChI is InChI=1S/C9H16N3O7PS/c10-6-2-8(21)12(9(14)11-6)7-1-4(13)5(19-7)3-18-20(15,16)17/h2,4-5,7-8,13,21H,1,3,10H2,(H,11,14)(H2,15,16,17)/t4-,5+,7+,8-/m0/s1. The normalized spacial score (nSPS) is 33.8. The molecule has 12 heteroatoms. The van der Waals surface area contributed by atoms with Gasteiger partial charge in [0.1, 0.15) is 23.5 Å². The molecule has 0 aromatic carbocycles. The fourth-order valence-electron chi connectivity index (χ4n) is 2.10. The minimum absolute atomic E-state index is 0.0629. The van der Waals surface area contributed by atoms with Gasteiger partial charge in [0.2, 0.25) is 0 Å². The fourth-order valence-corrected chi connectivity index (χ4v) is 2.85. The lowest BCUT2D eigenvalue weighted by molar-refractivity contribution is -0.0636. The lowest BCUT2D eigenvalue weighted by atomic mass is 10.2. The number of thiol groups is 1. The topological polar surface area (TPSA) is 155 Å².